The first-order valence-electron chi connectivity index (χ1n) is 6.96. The highest BCUT2D eigenvalue weighted by Gasteiger charge is 2.24. The summed E-state index contributed by atoms with van der Waals surface area (Å²) in [5, 5.41) is 0.565. The number of rotatable bonds is 3. The van der Waals surface area contributed by atoms with E-state index < -0.39 is 0 Å². The van der Waals surface area contributed by atoms with E-state index in [9.17, 15) is 4.79 Å². The van der Waals surface area contributed by atoms with Crippen LogP contribution in [0.2, 0.25) is 5.02 Å². The zero-order valence-corrected chi connectivity index (χ0v) is 12.1. The summed E-state index contributed by atoms with van der Waals surface area (Å²) < 4.78 is 0. The van der Waals surface area contributed by atoms with E-state index in [4.69, 9.17) is 17.3 Å². The minimum Gasteiger partial charge on any atom is -0.398 e. The number of amides is 1. The standard InChI is InChI=1S/C15H21ClN2O/c1-2-3-11-6-8-18(9-7-11)15(19)13-5-4-12(16)10-14(13)17/h4-5,10-11H,2-3,6-9,17H2,1H3. The minimum atomic E-state index is 0.0316. The summed E-state index contributed by atoms with van der Waals surface area (Å²) in [6.07, 6.45) is 4.70. The molecule has 0 unspecified atom stereocenters. The highest BCUT2D eigenvalue weighted by atomic mass is 35.5. The fraction of sp³-hybridized carbons (Fsp3) is 0.533. The smallest absolute Gasteiger partial charge is 0.255 e. The van der Waals surface area contributed by atoms with Crippen LogP contribution in [0.4, 0.5) is 5.69 Å². The largest absolute Gasteiger partial charge is 0.398 e. The average molecular weight is 281 g/mol. The van der Waals surface area contributed by atoms with Gasteiger partial charge in [-0.2, -0.15) is 0 Å². The van der Waals surface area contributed by atoms with E-state index in [1.54, 1.807) is 18.2 Å². The molecule has 1 aliphatic heterocycles. The van der Waals surface area contributed by atoms with Crippen molar-refractivity contribution >= 4 is 23.2 Å². The van der Waals surface area contributed by atoms with Crippen LogP contribution in [0.3, 0.4) is 0 Å². The van der Waals surface area contributed by atoms with Crippen molar-refractivity contribution in [2.45, 2.75) is 32.6 Å². The molecule has 1 saturated heterocycles. The van der Waals surface area contributed by atoms with Crippen molar-refractivity contribution < 1.29 is 4.79 Å². The third-order valence-corrected chi connectivity index (χ3v) is 4.08. The number of nitrogen functional groups attached to an aromatic ring is 1. The van der Waals surface area contributed by atoms with E-state index in [2.05, 4.69) is 6.92 Å². The number of benzene rings is 1. The van der Waals surface area contributed by atoms with Crippen LogP contribution < -0.4 is 5.73 Å². The Kier molecular flexibility index (Phi) is 4.70. The maximum Gasteiger partial charge on any atom is 0.255 e. The SMILES string of the molecule is CCCC1CCN(C(=O)c2ccc(Cl)cc2N)CC1. The molecule has 0 radical (unpaired) electrons. The summed E-state index contributed by atoms with van der Waals surface area (Å²) in [4.78, 5) is 14.3. The number of nitrogens with zero attached hydrogens (tertiary/aromatic N) is 1. The second-order valence-electron chi connectivity index (χ2n) is 5.26. The molecular weight excluding hydrogens is 260 g/mol. The first-order chi connectivity index (χ1) is 9.11. The Bertz CT molecular complexity index is 453. The monoisotopic (exact) mass is 280 g/mol. The molecule has 104 valence electrons. The quantitative estimate of drug-likeness (QED) is 0.860. The molecule has 0 saturated carbocycles. The summed E-state index contributed by atoms with van der Waals surface area (Å²) in [5.41, 5.74) is 6.91. The zero-order chi connectivity index (χ0) is 13.8. The average Bonchev–Trinajstić information content (AvgIpc) is 2.39. The van der Waals surface area contributed by atoms with Crippen LogP contribution in [-0.4, -0.2) is 23.9 Å². The van der Waals surface area contributed by atoms with Gasteiger partial charge in [-0.1, -0.05) is 31.4 Å². The van der Waals surface area contributed by atoms with Crippen molar-refractivity contribution in [3.63, 3.8) is 0 Å². The second-order valence-corrected chi connectivity index (χ2v) is 5.69. The molecule has 0 aliphatic carbocycles. The van der Waals surface area contributed by atoms with Gasteiger partial charge in [-0.05, 0) is 37.0 Å². The highest BCUT2D eigenvalue weighted by Crippen LogP contribution is 2.25. The lowest BCUT2D eigenvalue weighted by atomic mass is 9.92. The van der Waals surface area contributed by atoms with Crippen LogP contribution in [0.5, 0.6) is 0 Å². The molecule has 19 heavy (non-hydrogen) atoms. The van der Waals surface area contributed by atoms with Crippen LogP contribution in [0.25, 0.3) is 0 Å². The number of hydrogen-bond acceptors (Lipinski definition) is 2. The van der Waals surface area contributed by atoms with Crippen molar-refractivity contribution in [2.75, 3.05) is 18.8 Å². The van der Waals surface area contributed by atoms with Gasteiger partial charge in [0.25, 0.3) is 5.91 Å². The molecule has 3 nitrogen and oxygen atoms in total. The van der Waals surface area contributed by atoms with Crippen LogP contribution in [0.1, 0.15) is 43.0 Å². The molecule has 1 fully saturated rings. The van der Waals surface area contributed by atoms with E-state index in [1.165, 1.54) is 12.8 Å². The molecule has 0 atom stereocenters. The lowest BCUT2D eigenvalue weighted by molar-refractivity contribution is 0.0687. The third kappa shape index (κ3) is 3.41. The normalized spacial score (nSPS) is 16.6. The maximum absolute atomic E-state index is 12.4. The van der Waals surface area contributed by atoms with Gasteiger partial charge < -0.3 is 10.6 Å². The Morgan fingerprint density at radius 2 is 2.11 bits per heavy atom. The molecule has 1 aromatic rings. The van der Waals surface area contributed by atoms with Gasteiger partial charge >= 0.3 is 0 Å². The van der Waals surface area contributed by atoms with Gasteiger partial charge in [0.1, 0.15) is 0 Å². The molecule has 1 heterocycles. The maximum atomic E-state index is 12.4. The predicted molar refractivity (Wildman–Crippen MR) is 79.4 cm³/mol. The Labute approximate surface area is 119 Å². The molecule has 2 N–H and O–H groups in total. The predicted octanol–water partition coefficient (Wildman–Crippen LogP) is 3.57. The summed E-state index contributed by atoms with van der Waals surface area (Å²) in [6.45, 7) is 3.89. The number of nitrogens with two attached hydrogens (primary N) is 1. The summed E-state index contributed by atoms with van der Waals surface area (Å²) in [7, 11) is 0. The van der Waals surface area contributed by atoms with Crippen molar-refractivity contribution in [3.05, 3.63) is 28.8 Å². The number of halogens is 1. The zero-order valence-electron chi connectivity index (χ0n) is 11.4. The lowest BCUT2D eigenvalue weighted by Crippen LogP contribution is -2.38. The second kappa shape index (κ2) is 6.29. The summed E-state index contributed by atoms with van der Waals surface area (Å²) in [5.74, 6) is 0.806. The Morgan fingerprint density at radius 1 is 1.42 bits per heavy atom. The molecule has 0 aromatic heterocycles. The van der Waals surface area contributed by atoms with Crippen molar-refractivity contribution in [3.8, 4) is 0 Å². The Morgan fingerprint density at radius 3 is 2.68 bits per heavy atom. The van der Waals surface area contributed by atoms with Gasteiger partial charge in [-0.3, -0.25) is 4.79 Å². The first-order valence-corrected chi connectivity index (χ1v) is 7.34. The first kappa shape index (κ1) is 14.2. The van der Waals surface area contributed by atoms with Gasteiger partial charge in [0.15, 0.2) is 0 Å². The van der Waals surface area contributed by atoms with Crippen LogP contribution >= 0.6 is 11.6 Å². The molecule has 1 aromatic carbocycles. The van der Waals surface area contributed by atoms with E-state index in [0.29, 0.717) is 16.3 Å². The molecule has 0 bridgehead atoms. The van der Waals surface area contributed by atoms with Gasteiger partial charge in [0.05, 0.1) is 5.56 Å². The fourth-order valence-electron chi connectivity index (χ4n) is 2.73. The molecule has 4 heteroatoms. The number of carbonyl (C=O) groups excluding carboxylic acids is 1. The number of likely N-dealkylation sites (tertiary alicyclic amines) is 1. The number of piperidine rings is 1. The topological polar surface area (TPSA) is 46.3 Å². The third-order valence-electron chi connectivity index (χ3n) is 3.84. The van der Waals surface area contributed by atoms with E-state index in [0.717, 1.165) is 31.8 Å². The number of hydrogen-bond donors (Lipinski definition) is 1. The molecular formula is C15H21ClN2O. The molecule has 1 aliphatic rings. The summed E-state index contributed by atoms with van der Waals surface area (Å²) >= 11 is 5.86. The van der Waals surface area contributed by atoms with Gasteiger partial charge in [0.2, 0.25) is 0 Å². The van der Waals surface area contributed by atoms with E-state index in [1.807, 2.05) is 4.90 Å². The fourth-order valence-corrected chi connectivity index (χ4v) is 2.91. The number of carbonyl (C=O) groups is 1. The van der Waals surface area contributed by atoms with E-state index >= 15 is 0 Å². The minimum absolute atomic E-state index is 0.0316. The van der Waals surface area contributed by atoms with Crippen molar-refractivity contribution in [1.82, 2.24) is 4.90 Å². The Hall–Kier alpha value is -1.22. The van der Waals surface area contributed by atoms with Crippen LogP contribution in [0.15, 0.2) is 18.2 Å². The highest BCUT2D eigenvalue weighted by molar-refractivity contribution is 6.31. The van der Waals surface area contributed by atoms with Gasteiger partial charge in [0, 0.05) is 23.8 Å². The van der Waals surface area contributed by atoms with Crippen molar-refractivity contribution in [2.24, 2.45) is 5.92 Å². The van der Waals surface area contributed by atoms with Crippen LogP contribution in [0, 0.1) is 5.92 Å². The molecule has 1 amide bonds. The summed E-state index contributed by atoms with van der Waals surface area (Å²) in [6, 6.07) is 5.08. The molecule has 0 spiro atoms. The lowest BCUT2D eigenvalue weighted by Gasteiger charge is -2.32. The van der Waals surface area contributed by atoms with Gasteiger partial charge in [-0.15, -0.1) is 0 Å². The van der Waals surface area contributed by atoms with Gasteiger partial charge in [-0.25, -0.2) is 0 Å². The number of anilines is 1. The Balaban J connectivity index is 2.01. The molecule has 2 rings (SSSR count). The van der Waals surface area contributed by atoms with E-state index in [-0.39, 0.29) is 5.91 Å². The van der Waals surface area contributed by atoms with Crippen molar-refractivity contribution in [1.29, 1.82) is 0 Å². The van der Waals surface area contributed by atoms with Crippen LogP contribution in [-0.2, 0) is 0 Å².